The fraction of sp³-hybridized carbons (Fsp3) is 0.542. The molecule has 3 heterocycles. The van der Waals surface area contributed by atoms with E-state index < -0.39 is 11.9 Å². The third-order valence-electron chi connectivity index (χ3n) is 6.34. The first kappa shape index (κ1) is 23.2. The minimum absolute atomic E-state index is 0.0944. The van der Waals surface area contributed by atoms with Crippen LogP contribution in [0, 0.1) is 23.1 Å². The predicted octanol–water partition coefficient (Wildman–Crippen LogP) is 3.67. The van der Waals surface area contributed by atoms with Gasteiger partial charge in [0.2, 0.25) is 5.95 Å². The number of nitrogens with one attached hydrogen (secondary N) is 2. The molecule has 2 aliphatic heterocycles. The molecule has 4 rings (SSSR count). The Morgan fingerprint density at radius 2 is 2.15 bits per heavy atom. The van der Waals surface area contributed by atoms with Gasteiger partial charge in [-0.3, -0.25) is 0 Å². The Bertz CT molecular complexity index is 993. The lowest BCUT2D eigenvalue weighted by atomic mass is 9.83. The van der Waals surface area contributed by atoms with E-state index in [-0.39, 0.29) is 18.4 Å². The highest BCUT2D eigenvalue weighted by Gasteiger charge is 2.32. The number of nitrogens with zero attached hydrogens (tertiary/aromatic N) is 4. The lowest BCUT2D eigenvalue weighted by Crippen LogP contribution is -2.49. The lowest BCUT2D eigenvalue weighted by Gasteiger charge is -2.44. The number of aliphatic hydroxyl groups excluding tert-OH is 1. The highest BCUT2D eigenvalue weighted by Crippen LogP contribution is 2.31. The van der Waals surface area contributed by atoms with E-state index in [0.717, 1.165) is 12.6 Å². The molecule has 0 radical (unpaired) electrons. The van der Waals surface area contributed by atoms with Crippen molar-refractivity contribution in [1.82, 2.24) is 14.9 Å². The van der Waals surface area contributed by atoms with Crippen molar-refractivity contribution in [2.24, 2.45) is 5.92 Å². The van der Waals surface area contributed by atoms with Gasteiger partial charge in [0.05, 0.1) is 17.9 Å². The number of hydrogen-bond donors (Lipinski definition) is 3. The van der Waals surface area contributed by atoms with E-state index in [0.29, 0.717) is 35.5 Å². The monoisotopic (exact) mass is 454 g/mol. The third kappa shape index (κ3) is 5.89. The van der Waals surface area contributed by atoms with Crippen molar-refractivity contribution in [2.45, 2.75) is 51.2 Å². The summed E-state index contributed by atoms with van der Waals surface area (Å²) >= 11 is 0. The zero-order valence-corrected chi connectivity index (χ0v) is 18.9. The highest BCUT2D eigenvalue weighted by atomic mass is 19.1. The van der Waals surface area contributed by atoms with Crippen molar-refractivity contribution in [1.29, 1.82) is 5.26 Å². The largest absolute Gasteiger partial charge is 0.490 e. The molecule has 1 aromatic heterocycles. The first-order valence-corrected chi connectivity index (χ1v) is 11.7. The number of rotatable bonds is 8. The average Bonchev–Trinajstić information content (AvgIpc) is 2.83. The summed E-state index contributed by atoms with van der Waals surface area (Å²) in [5.41, 5.74) is 0.897. The van der Waals surface area contributed by atoms with Gasteiger partial charge >= 0.3 is 0 Å². The number of ether oxygens (including phenoxy) is 1. The van der Waals surface area contributed by atoms with Gasteiger partial charge in [0.15, 0.2) is 11.6 Å². The van der Waals surface area contributed by atoms with Crippen LogP contribution in [0.25, 0.3) is 0 Å². The van der Waals surface area contributed by atoms with Crippen LogP contribution in [-0.2, 0) is 0 Å². The number of aromatic nitrogens is 2. The van der Waals surface area contributed by atoms with E-state index in [1.807, 2.05) is 0 Å². The normalized spacial score (nSPS) is 21.5. The number of nitriles is 1. The number of anilines is 3. The van der Waals surface area contributed by atoms with Crippen molar-refractivity contribution < 1.29 is 14.2 Å². The fourth-order valence-corrected chi connectivity index (χ4v) is 4.75. The number of benzene rings is 1. The molecule has 2 aromatic rings. The molecule has 2 aliphatic rings. The Kier molecular flexibility index (Phi) is 7.57. The molecular formula is C24H31FN6O2. The molecule has 0 amide bonds. The molecule has 2 fully saturated rings. The van der Waals surface area contributed by atoms with Crippen LogP contribution in [0.4, 0.5) is 21.8 Å². The molecule has 176 valence electrons. The standard InChI is InChI=1S/C24H31FN6O2/c1-16(32)15-33-22-8-7-19(11-18(22)12-26)29-24-28-14-20(25)23(30-24)27-13-17-5-4-10-31-9-3-2-6-21(17)31/h7-8,11,14,16-17,21,32H,2-6,9-10,13,15H2,1H3,(H2,27,28,29,30)/t16?,17-,21+/m0/s1. The topological polar surface area (TPSA) is 106 Å². The van der Waals surface area contributed by atoms with Gasteiger partial charge in [-0.2, -0.15) is 10.2 Å². The summed E-state index contributed by atoms with van der Waals surface area (Å²) in [6, 6.07) is 7.62. The number of hydrogen-bond acceptors (Lipinski definition) is 8. The van der Waals surface area contributed by atoms with Gasteiger partial charge < -0.3 is 25.4 Å². The van der Waals surface area contributed by atoms with Gasteiger partial charge in [-0.25, -0.2) is 9.37 Å². The molecule has 33 heavy (non-hydrogen) atoms. The summed E-state index contributed by atoms with van der Waals surface area (Å²) < 4.78 is 19.9. The third-order valence-corrected chi connectivity index (χ3v) is 6.34. The predicted molar refractivity (Wildman–Crippen MR) is 124 cm³/mol. The molecule has 1 aromatic carbocycles. The fourth-order valence-electron chi connectivity index (χ4n) is 4.75. The quantitative estimate of drug-likeness (QED) is 0.555. The van der Waals surface area contributed by atoms with Gasteiger partial charge in [-0.15, -0.1) is 0 Å². The molecular weight excluding hydrogens is 423 g/mol. The summed E-state index contributed by atoms with van der Waals surface area (Å²) in [5.74, 6) is 0.797. The summed E-state index contributed by atoms with van der Waals surface area (Å²) in [6.45, 7) is 4.73. The lowest BCUT2D eigenvalue weighted by molar-refractivity contribution is 0.0648. The van der Waals surface area contributed by atoms with Crippen LogP contribution in [0.3, 0.4) is 0 Å². The Morgan fingerprint density at radius 1 is 1.30 bits per heavy atom. The van der Waals surface area contributed by atoms with Crippen LogP contribution in [0.2, 0.25) is 0 Å². The second kappa shape index (κ2) is 10.8. The van der Waals surface area contributed by atoms with Crippen LogP contribution in [0.5, 0.6) is 5.75 Å². The van der Waals surface area contributed by atoms with Crippen LogP contribution >= 0.6 is 0 Å². The maximum Gasteiger partial charge on any atom is 0.229 e. The summed E-state index contributed by atoms with van der Waals surface area (Å²) in [7, 11) is 0. The molecule has 8 nitrogen and oxygen atoms in total. The zero-order chi connectivity index (χ0) is 23.2. The van der Waals surface area contributed by atoms with E-state index in [1.165, 1.54) is 38.8 Å². The first-order valence-electron chi connectivity index (χ1n) is 11.7. The van der Waals surface area contributed by atoms with E-state index in [9.17, 15) is 14.8 Å². The Hall–Kier alpha value is -2.96. The Labute approximate surface area is 193 Å². The van der Waals surface area contributed by atoms with E-state index in [4.69, 9.17) is 4.74 Å². The minimum atomic E-state index is -0.636. The first-order chi connectivity index (χ1) is 16.0. The molecule has 0 spiro atoms. The van der Waals surface area contributed by atoms with Gasteiger partial charge in [-0.05, 0) is 69.8 Å². The number of fused-ring (bicyclic) bond motifs is 1. The van der Waals surface area contributed by atoms with Crippen LogP contribution in [0.15, 0.2) is 24.4 Å². The Morgan fingerprint density at radius 3 is 2.97 bits per heavy atom. The van der Waals surface area contributed by atoms with Gasteiger partial charge in [0.1, 0.15) is 18.4 Å². The molecule has 1 unspecified atom stereocenters. The molecule has 0 bridgehead atoms. The minimum Gasteiger partial charge on any atom is -0.490 e. The number of halogens is 1. The molecule has 0 saturated carbocycles. The van der Waals surface area contributed by atoms with E-state index >= 15 is 0 Å². The second-order valence-corrected chi connectivity index (χ2v) is 8.88. The van der Waals surface area contributed by atoms with Crippen molar-refractivity contribution in [3.63, 3.8) is 0 Å². The maximum atomic E-state index is 14.4. The molecule has 0 aliphatic carbocycles. The highest BCUT2D eigenvalue weighted by molar-refractivity contribution is 5.61. The smallest absolute Gasteiger partial charge is 0.229 e. The van der Waals surface area contributed by atoms with Crippen LogP contribution in [-0.4, -0.2) is 58.4 Å². The van der Waals surface area contributed by atoms with Gasteiger partial charge in [0, 0.05) is 18.3 Å². The maximum absolute atomic E-state index is 14.4. The average molecular weight is 455 g/mol. The number of piperidine rings is 2. The van der Waals surface area contributed by atoms with Crippen molar-refractivity contribution in [3.05, 3.63) is 35.8 Å². The van der Waals surface area contributed by atoms with Crippen molar-refractivity contribution in [3.8, 4) is 11.8 Å². The van der Waals surface area contributed by atoms with Gasteiger partial charge in [0.25, 0.3) is 0 Å². The number of aliphatic hydroxyl groups is 1. The molecule has 2 saturated heterocycles. The zero-order valence-electron chi connectivity index (χ0n) is 18.9. The molecule has 9 heteroatoms. The second-order valence-electron chi connectivity index (χ2n) is 8.88. The van der Waals surface area contributed by atoms with Crippen LogP contribution in [0.1, 0.15) is 44.6 Å². The van der Waals surface area contributed by atoms with Crippen molar-refractivity contribution >= 4 is 17.5 Å². The van der Waals surface area contributed by atoms with Crippen LogP contribution < -0.4 is 15.4 Å². The van der Waals surface area contributed by atoms with E-state index in [1.54, 1.807) is 25.1 Å². The van der Waals surface area contributed by atoms with Gasteiger partial charge in [-0.1, -0.05) is 6.42 Å². The molecule has 3 atom stereocenters. The Balaban J connectivity index is 1.41. The van der Waals surface area contributed by atoms with E-state index in [2.05, 4.69) is 31.6 Å². The van der Waals surface area contributed by atoms with Crippen molar-refractivity contribution in [2.75, 3.05) is 36.9 Å². The summed E-state index contributed by atoms with van der Waals surface area (Å²) in [4.78, 5) is 11.0. The SMILES string of the molecule is CC(O)COc1ccc(Nc2ncc(F)c(NC[C@@H]3CCCN4CCCC[C@H]34)n2)cc1C#N. The summed E-state index contributed by atoms with van der Waals surface area (Å²) in [5, 5.41) is 25.0. The summed E-state index contributed by atoms with van der Waals surface area (Å²) in [6.07, 6.45) is 6.59. The molecule has 3 N–H and O–H groups in total.